The van der Waals surface area contributed by atoms with Crippen molar-refractivity contribution >= 4 is 67.8 Å². The Morgan fingerprint density at radius 3 is 2.52 bits per heavy atom. The number of thioether (sulfide) groups is 1. The molecule has 4 rings (SSSR count). The molecule has 1 fully saturated rings. The third kappa shape index (κ3) is 4.84. The number of amides is 1. The summed E-state index contributed by atoms with van der Waals surface area (Å²) in [6, 6.07) is 15.1. The Morgan fingerprint density at radius 2 is 1.85 bits per heavy atom. The maximum atomic E-state index is 13.2. The van der Waals surface area contributed by atoms with E-state index in [2.05, 4.69) is 15.9 Å². The molecule has 3 aromatic rings. The molecule has 170 valence electrons. The molecule has 5 nitrogen and oxygen atoms in total. The van der Waals surface area contributed by atoms with Crippen LogP contribution in [0.1, 0.15) is 22.5 Å². The summed E-state index contributed by atoms with van der Waals surface area (Å²) in [4.78, 5) is 13.7. The second kappa shape index (κ2) is 9.93. The second-order valence-corrected chi connectivity index (χ2v) is 10.3. The van der Waals surface area contributed by atoms with Crippen LogP contribution in [0.25, 0.3) is 6.08 Å². The first-order valence-corrected chi connectivity index (χ1v) is 12.4. The number of carbonyl (C=O) groups excluding carboxylic acids is 1. The maximum absolute atomic E-state index is 13.2. The van der Waals surface area contributed by atoms with Crippen molar-refractivity contribution in [2.24, 2.45) is 0 Å². The predicted octanol–water partition coefficient (Wildman–Crippen LogP) is 6.65. The second-order valence-electron chi connectivity index (χ2n) is 7.34. The number of benzene rings is 2. The van der Waals surface area contributed by atoms with Gasteiger partial charge in [-0.05, 0) is 84.0 Å². The largest absolute Gasteiger partial charge is 0.493 e. The fraction of sp³-hybridized carbons (Fsp3) is 0.167. The molecule has 1 aliphatic heterocycles. The Bertz CT molecular complexity index is 1270. The van der Waals surface area contributed by atoms with Crippen LogP contribution in [0.2, 0.25) is 5.02 Å². The molecule has 1 aliphatic rings. The lowest BCUT2D eigenvalue weighted by Crippen LogP contribution is -2.39. The zero-order valence-electron chi connectivity index (χ0n) is 18.1. The van der Waals surface area contributed by atoms with Gasteiger partial charge in [0.15, 0.2) is 15.8 Å². The highest BCUT2D eigenvalue weighted by Gasteiger charge is 2.34. The van der Waals surface area contributed by atoms with Gasteiger partial charge < -0.3 is 9.47 Å². The molecule has 1 saturated heterocycles. The third-order valence-electron chi connectivity index (χ3n) is 5.09. The average Bonchev–Trinajstić information content (AvgIpc) is 3.24. The van der Waals surface area contributed by atoms with E-state index in [0.717, 1.165) is 22.5 Å². The number of hydrogen-bond donors (Lipinski definition) is 0. The van der Waals surface area contributed by atoms with E-state index in [-0.39, 0.29) is 5.91 Å². The molecule has 0 aliphatic carbocycles. The van der Waals surface area contributed by atoms with E-state index >= 15 is 0 Å². The van der Waals surface area contributed by atoms with Gasteiger partial charge in [0, 0.05) is 22.0 Å². The Kier molecular flexibility index (Phi) is 7.19. The van der Waals surface area contributed by atoms with Crippen LogP contribution < -0.4 is 14.5 Å². The number of carbonyl (C=O) groups is 1. The monoisotopic (exact) mass is 562 g/mol. The van der Waals surface area contributed by atoms with Crippen molar-refractivity contribution in [2.75, 3.05) is 12.1 Å². The lowest BCUT2D eigenvalue weighted by Gasteiger charge is -2.20. The highest BCUT2D eigenvalue weighted by Crippen LogP contribution is 2.39. The van der Waals surface area contributed by atoms with E-state index in [0.29, 0.717) is 36.8 Å². The van der Waals surface area contributed by atoms with Crippen LogP contribution in [0.3, 0.4) is 0 Å². The van der Waals surface area contributed by atoms with Crippen LogP contribution in [0, 0.1) is 13.8 Å². The fourth-order valence-corrected chi connectivity index (χ4v) is 5.49. The normalized spacial score (nSPS) is 14.9. The molecule has 0 spiro atoms. The van der Waals surface area contributed by atoms with E-state index in [1.165, 1.54) is 16.8 Å². The SMILES string of the molecule is COc1cc(/C=C2/SC(=S)N(n3c(C)ccc3C)C2=O)cc(Br)c1OCc1ccccc1Cl. The smallest absolute Gasteiger partial charge is 0.285 e. The molecule has 2 aromatic carbocycles. The first-order valence-electron chi connectivity index (χ1n) is 9.97. The van der Waals surface area contributed by atoms with Gasteiger partial charge in [-0.25, -0.2) is 0 Å². The Labute approximate surface area is 215 Å². The van der Waals surface area contributed by atoms with Gasteiger partial charge in [-0.15, -0.1) is 0 Å². The van der Waals surface area contributed by atoms with Gasteiger partial charge in [-0.2, -0.15) is 5.01 Å². The van der Waals surface area contributed by atoms with E-state index in [9.17, 15) is 4.79 Å². The summed E-state index contributed by atoms with van der Waals surface area (Å²) in [7, 11) is 1.57. The first-order chi connectivity index (χ1) is 15.8. The minimum atomic E-state index is -0.165. The molecule has 0 atom stereocenters. The van der Waals surface area contributed by atoms with E-state index < -0.39 is 0 Å². The summed E-state index contributed by atoms with van der Waals surface area (Å²) in [6.07, 6.45) is 1.80. The molecule has 33 heavy (non-hydrogen) atoms. The summed E-state index contributed by atoms with van der Waals surface area (Å²) >= 11 is 16.6. The Hall–Kier alpha value is -2.26. The first kappa shape index (κ1) is 23.9. The van der Waals surface area contributed by atoms with Gasteiger partial charge in [0.2, 0.25) is 0 Å². The van der Waals surface area contributed by atoms with Crippen molar-refractivity contribution < 1.29 is 14.3 Å². The standard InChI is InChI=1S/C24H20BrClN2O3S2/c1-14-8-9-15(2)27(14)28-23(29)21(33-24(28)32)12-16-10-18(25)22(20(11-16)30-3)31-13-17-6-4-5-7-19(17)26/h4-12H,13H2,1-3H3/b21-12+. The zero-order chi connectivity index (χ0) is 23.7. The van der Waals surface area contributed by atoms with Gasteiger partial charge in [0.05, 0.1) is 16.5 Å². The average molecular weight is 564 g/mol. The molecule has 1 amide bonds. The molecule has 0 bridgehead atoms. The summed E-state index contributed by atoms with van der Waals surface area (Å²) in [5.41, 5.74) is 3.53. The Morgan fingerprint density at radius 1 is 1.15 bits per heavy atom. The lowest BCUT2D eigenvalue weighted by atomic mass is 10.1. The van der Waals surface area contributed by atoms with Gasteiger partial charge in [0.25, 0.3) is 5.91 Å². The molecule has 0 radical (unpaired) electrons. The summed E-state index contributed by atoms with van der Waals surface area (Å²) in [5.74, 6) is 0.928. The number of thiocarbonyl (C=S) groups is 1. The van der Waals surface area contributed by atoms with Gasteiger partial charge in [-0.1, -0.05) is 41.6 Å². The van der Waals surface area contributed by atoms with E-state index in [1.54, 1.807) is 13.2 Å². The molecule has 1 aromatic heterocycles. The van der Waals surface area contributed by atoms with Crippen LogP contribution in [0.4, 0.5) is 0 Å². The topological polar surface area (TPSA) is 43.7 Å². The van der Waals surface area contributed by atoms with Crippen molar-refractivity contribution in [3.63, 3.8) is 0 Å². The number of methoxy groups -OCH3 is 1. The number of rotatable bonds is 6. The van der Waals surface area contributed by atoms with Gasteiger partial charge in [-0.3, -0.25) is 9.47 Å². The van der Waals surface area contributed by atoms with Crippen LogP contribution in [-0.2, 0) is 11.4 Å². The minimum Gasteiger partial charge on any atom is -0.493 e. The number of aryl methyl sites for hydroxylation is 2. The molecule has 0 saturated carbocycles. The molecule has 2 heterocycles. The van der Waals surface area contributed by atoms with Crippen molar-refractivity contribution in [1.82, 2.24) is 4.68 Å². The van der Waals surface area contributed by atoms with E-state index in [4.69, 9.17) is 33.3 Å². The molecular formula is C24H20BrClN2O3S2. The number of ether oxygens (including phenoxy) is 2. The number of aromatic nitrogens is 1. The van der Waals surface area contributed by atoms with Crippen molar-refractivity contribution in [3.8, 4) is 11.5 Å². The van der Waals surface area contributed by atoms with Crippen LogP contribution in [0.5, 0.6) is 11.5 Å². The van der Waals surface area contributed by atoms with Crippen LogP contribution >= 0.6 is 51.5 Å². The number of nitrogens with zero attached hydrogens (tertiary/aromatic N) is 2. The molecule has 0 N–H and O–H groups in total. The molecule has 9 heteroatoms. The fourth-order valence-electron chi connectivity index (χ4n) is 3.49. The van der Waals surface area contributed by atoms with Crippen LogP contribution in [0.15, 0.2) is 57.9 Å². The number of hydrogen-bond acceptors (Lipinski definition) is 5. The predicted molar refractivity (Wildman–Crippen MR) is 142 cm³/mol. The third-order valence-corrected chi connectivity index (χ3v) is 7.33. The van der Waals surface area contributed by atoms with Crippen molar-refractivity contribution in [3.05, 3.63) is 85.4 Å². The molecule has 0 unspecified atom stereocenters. The quantitative estimate of drug-likeness (QED) is 0.248. The number of halogens is 2. The van der Waals surface area contributed by atoms with E-state index in [1.807, 2.05) is 67.1 Å². The minimum absolute atomic E-state index is 0.165. The highest BCUT2D eigenvalue weighted by atomic mass is 79.9. The van der Waals surface area contributed by atoms with Gasteiger partial charge in [0.1, 0.15) is 6.61 Å². The van der Waals surface area contributed by atoms with Crippen molar-refractivity contribution in [1.29, 1.82) is 0 Å². The van der Waals surface area contributed by atoms with Gasteiger partial charge >= 0.3 is 0 Å². The summed E-state index contributed by atoms with van der Waals surface area (Å²) < 4.78 is 14.6. The summed E-state index contributed by atoms with van der Waals surface area (Å²) in [5, 5.41) is 2.17. The highest BCUT2D eigenvalue weighted by molar-refractivity contribution is 9.10. The summed E-state index contributed by atoms with van der Waals surface area (Å²) in [6.45, 7) is 4.18. The lowest BCUT2D eigenvalue weighted by molar-refractivity contribution is -0.114. The maximum Gasteiger partial charge on any atom is 0.285 e. The zero-order valence-corrected chi connectivity index (χ0v) is 22.1. The van der Waals surface area contributed by atoms with Crippen LogP contribution in [-0.4, -0.2) is 22.0 Å². The molecular weight excluding hydrogens is 544 g/mol. The van der Waals surface area contributed by atoms with Crippen molar-refractivity contribution in [2.45, 2.75) is 20.5 Å². The Balaban J connectivity index is 1.61.